The minimum Gasteiger partial charge on any atom is -0.478 e. The minimum absolute atomic E-state index is 0.372. The summed E-state index contributed by atoms with van der Waals surface area (Å²) in [5.74, 6) is -0.421. The summed E-state index contributed by atoms with van der Waals surface area (Å²) in [6, 6.07) is 14.3. The Morgan fingerprint density at radius 2 is 1.91 bits per heavy atom. The molecule has 0 spiro atoms. The fourth-order valence-electron chi connectivity index (χ4n) is 3.07. The molecule has 0 saturated heterocycles. The zero-order chi connectivity index (χ0) is 16.6. The summed E-state index contributed by atoms with van der Waals surface area (Å²) in [4.78, 5) is 11.5. The molecule has 3 heteroatoms. The van der Waals surface area contributed by atoms with E-state index < -0.39 is 5.97 Å². The van der Waals surface area contributed by atoms with Gasteiger partial charge in [0.25, 0.3) is 0 Å². The summed E-state index contributed by atoms with van der Waals surface area (Å²) >= 11 is 0. The molecule has 2 aromatic carbocycles. The number of carboxylic acid groups (broad SMARTS) is 1. The van der Waals surface area contributed by atoms with E-state index in [-0.39, 0.29) is 0 Å². The van der Waals surface area contributed by atoms with Gasteiger partial charge in [-0.25, -0.2) is 4.79 Å². The number of nitrogens with zero attached hydrogens (tertiary/aromatic N) is 1. The van der Waals surface area contributed by atoms with Crippen LogP contribution in [0.3, 0.4) is 0 Å². The quantitative estimate of drug-likeness (QED) is 0.739. The van der Waals surface area contributed by atoms with E-state index in [0.717, 1.165) is 23.0 Å². The SMILES string of the molecule is Cc1ccccc1-c1ccc2c(C(=O)O)cn(CC(C)C)c2c1. The smallest absolute Gasteiger partial charge is 0.337 e. The molecule has 118 valence electrons. The van der Waals surface area contributed by atoms with E-state index in [0.29, 0.717) is 11.5 Å². The molecule has 0 unspecified atom stereocenters. The molecule has 3 rings (SSSR count). The number of carbonyl (C=O) groups is 1. The van der Waals surface area contributed by atoms with Crippen molar-refractivity contribution in [1.82, 2.24) is 4.57 Å². The van der Waals surface area contributed by atoms with E-state index >= 15 is 0 Å². The average Bonchev–Trinajstić information content (AvgIpc) is 2.85. The lowest BCUT2D eigenvalue weighted by atomic mass is 9.99. The van der Waals surface area contributed by atoms with Crippen LogP contribution in [0, 0.1) is 12.8 Å². The van der Waals surface area contributed by atoms with Crippen molar-refractivity contribution < 1.29 is 9.90 Å². The Morgan fingerprint density at radius 1 is 1.17 bits per heavy atom. The van der Waals surface area contributed by atoms with Gasteiger partial charge in [0.2, 0.25) is 0 Å². The number of aromatic nitrogens is 1. The Kier molecular flexibility index (Phi) is 3.95. The van der Waals surface area contributed by atoms with Crippen LogP contribution in [0.1, 0.15) is 29.8 Å². The molecule has 1 aromatic heterocycles. The largest absolute Gasteiger partial charge is 0.478 e. The molecule has 1 heterocycles. The second-order valence-corrected chi connectivity index (χ2v) is 6.44. The van der Waals surface area contributed by atoms with E-state index in [1.807, 2.05) is 24.3 Å². The third kappa shape index (κ3) is 2.87. The lowest BCUT2D eigenvalue weighted by molar-refractivity contribution is 0.0698. The van der Waals surface area contributed by atoms with Gasteiger partial charge in [-0.2, -0.15) is 0 Å². The van der Waals surface area contributed by atoms with Crippen molar-refractivity contribution in [2.45, 2.75) is 27.3 Å². The maximum absolute atomic E-state index is 11.5. The van der Waals surface area contributed by atoms with Crippen LogP contribution in [-0.4, -0.2) is 15.6 Å². The van der Waals surface area contributed by atoms with Gasteiger partial charge < -0.3 is 9.67 Å². The first-order valence-electron chi connectivity index (χ1n) is 7.89. The predicted molar refractivity (Wildman–Crippen MR) is 93.9 cm³/mol. The summed E-state index contributed by atoms with van der Waals surface area (Å²) in [5.41, 5.74) is 4.88. The van der Waals surface area contributed by atoms with Crippen molar-refractivity contribution in [3.8, 4) is 11.1 Å². The van der Waals surface area contributed by atoms with Crippen molar-refractivity contribution in [1.29, 1.82) is 0 Å². The summed E-state index contributed by atoms with van der Waals surface area (Å²) in [6.45, 7) is 7.17. The number of benzene rings is 2. The molecule has 0 bridgehead atoms. The van der Waals surface area contributed by atoms with Crippen LogP contribution in [-0.2, 0) is 6.54 Å². The number of hydrogen-bond acceptors (Lipinski definition) is 1. The van der Waals surface area contributed by atoms with E-state index in [1.165, 1.54) is 11.1 Å². The molecule has 0 radical (unpaired) electrons. The summed E-state index contributed by atoms with van der Waals surface area (Å²) in [7, 11) is 0. The third-order valence-electron chi connectivity index (χ3n) is 4.13. The van der Waals surface area contributed by atoms with Crippen LogP contribution in [0.2, 0.25) is 0 Å². The normalized spacial score (nSPS) is 11.3. The zero-order valence-electron chi connectivity index (χ0n) is 13.7. The molecule has 0 aliphatic rings. The molecule has 0 aliphatic heterocycles. The molecular formula is C20H21NO2. The van der Waals surface area contributed by atoms with Crippen LogP contribution >= 0.6 is 0 Å². The van der Waals surface area contributed by atoms with Crippen molar-refractivity contribution in [3.05, 3.63) is 59.8 Å². The van der Waals surface area contributed by atoms with E-state index in [1.54, 1.807) is 6.20 Å². The standard InChI is InChI=1S/C20H21NO2/c1-13(2)11-21-12-18(20(22)23)17-9-8-15(10-19(17)21)16-7-5-4-6-14(16)3/h4-10,12-13H,11H2,1-3H3,(H,22,23). The average molecular weight is 307 g/mol. The van der Waals surface area contributed by atoms with Gasteiger partial charge in [-0.1, -0.05) is 50.2 Å². The molecule has 3 nitrogen and oxygen atoms in total. The molecule has 0 saturated carbocycles. The number of fused-ring (bicyclic) bond motifs is 1. The highest BCUT2D eigenvalue weighted by atomic mass is 16.4. The Morgan fingerprint density at radius 3 is 2.57 bits per heavy atom. The van der Waals surface area contributed by atoms with Crippen LogP contribution < -0.4 is 0 Å². The summed E-state index contributed by atoms with van der Waals surface area (Å²) < 4.78 is 2.06. The highest BCUT2D eigenvalue weighted by molar-refractivity contribution is 6.04. The number of hydrogen-bond donors (Lipinski definition) is 1. The third-order valence-corrected chi connectivity index (χ3v) is 4.13. The van der Waals surface area contributed by atoms with E-state index in [2.05, 4.69) is 43.5 Å². The minimum atomic E-state index is -0.874. The van der Waals surface area contributed by atoms with Crippen LogP contribution in [0.5, 0.6) is 0 Å². The molecule has 1 N–H and O–H groups in total. The molecule has 0 fully saturated rings. The summed E-state index contributed by atoms with van der Waals surface area (Å²) in [5, 5.41) is 10.2. The number of carboxylic acids is 1. The zero-order valence-corrected chi connectivity index (χ0v) is 13.7. The first-order chi connectivity index (χ1) is 11.0. The van der Waals surface area contributed by atoms with Crippen LogP contribution in [0.15, 0.2) is 48.7 Å². The van der Waals surface area contributed by atoms with Crippen molar-refractivity contribution in [3.63, 3.8) is 0 Å². The van der Waals surface area contributed by atoms with Gasteiger partial charge in [0, 0.05) is 23.6 Å². The van der Waals surface area contributed by atoms with E-state index in [4.69, 9.17) is 0 Å². The molecule has 0 amide bonds. The molecule has 3 aromatic rings. The van der Waals surface area contributed by atoms with Crippen molar-refractivity contribution in [2.75, 3.05) is 0 Å². The second-order valence-electron chi connectivity index (χ2n) is 6.44. The van der Waals surface area contributed by atoms with Gasteiger partial charge >= 0.3 is 5.97 Å². The topological polar surface area (TPSA) is 42.2 Å². The lowest BCUT2D eigenvalue weighted by Crippen LogP contribution is -2.03. The van der Waals surface area contributed by atoms with Crippen LogP contribution in [0.25, 0.3) is 22.0 Å². The maximum atomic E-state index is 11.5. The Balaban J connectivity index is 2.22. The van der Waals surface area contributed by atoms with Gasteiger partial charge in [-0.15, -0.1) is 0 Å². The van der Waals surface area contributed by atoms with Gasteiger partial charge in [0.05, 0.1) is 5.56 Å². The Hall–Kier alpha value is -2.55. The number of aryl methyl sites for hydroxylation is 1. The second kappa shape index (κ2) is 5.92. The van der Waals surface area contributed by atoms with Crippen LogP contribution in [0.4, 0.5) is 0 Å². The van der Waals surface area contributed by atoms with Crippen molar-refractivity contribution in [2.24, 2.45) is 5.92 Å². The predicted octanol–water partition coefficient (Wildman–Crippen LogP) is 4.97. The maximum Gasteiger partial charge on any atom is 0.337 e. The fourth-order valence-corrected chi connectivity index (χ4v) is 3.07. The number of aromatic carboxylic acids is 1. The highest BCUT2D eigenvalue weighted by Gasteiger charge is 2.15. The molecular weight excluding hydrogens is 286 g/mol. The van der Waals surface area contributed by atoms with Gasteiger partial charge in [0.15, 0.2) is 0 Å². The molecule has 23 heavy (non-hydrogen) atoms. The van der Waals surface area contributed by atoms with Gasteiger partial charge in [-0.05, 0) is 35.6 Å². The summed E-state index contributed by atoms with van der Waals surface area (Å²) in [6.07, 6.45) is 1.76. The monoisotopic (exact) mass is 307 g/mol. The molecule has 0 atom stereocenters. The van der Waals surface area contributed by atoms with E-state index in [9.17, 15) is 9.90 Å². The first-order valence-corrected chi connectivity index (χ1v) is 7.89. The Labute approximate surface area is 136 Å². The first kappa shape index (κ1) is 15.3. The van der Waals surface area contributed by atoms with Gasteiger partial charge in [-0.3, -0.25) is 0 Å². The molecule has 0 aliphatic carbocycles. The number of rotatable bonds is 4. The fraction of sp³-hybridized carbons (Fsp3) is 0.250. The highest BCUT2D eigenvalue weighted by Crippen LogP contribution is 2.30. The van der Waals surface area contributed by atoms with Crippen molar-refractivity contribution >= 4 is 16.9 Å². The lowest BCUT2D eigenvalue weighted by Gasteiger charge is -2.10. The Bertz CT molecular complexity index is 874. The van der Waals surface area contributed by atoms with Gasteiger partial charge in [0.1, 0.15) is 0 Å².